The average molecular weight is 386 g/mol. The minimum atomic E-state index is -0.660. The number of anilines is 1. The molecule has 2 saturated heterocycles. The molecule has 2 aliphatic heterocycles. The number of hydrogen-bond donors (Lipinski definition) is 2. The second-order valence-corrected chi connectivity index (χ2v) is 9.93. The van der Waals surface area contributed by atoms with E-state index in [-0.39, 0.29) is 17.4 Å². The molecule has 3 aliphatic rings. The molecule has 5 nitrogen and oxygen atoms in total. The lowest BCUT2D eigenvalue weighted by Crippen LogP contribution is -2.65. The third-order valence-electron chi connectivity index (χ3n) is 7.61. The molecule has 1 saturated carbocycles. The van der Waals surface area contributed by atoms with Crippen LogP contribution in [0.2, 0.25) is 0 Å². The van der Waals surface area contributed by atoms with Crippen molar-refractivity contribution in [2.75, 3.05) is 24.7 Å². The first-order chi connectivity index (χ1) is 13.3. The Morgan fingerprint density at radius 3 is 2.39 bits per heavy atom. The van der Waals surface area contributed by atoms with E-state index in [1.165, 1.54) is 6.42 Å². The van der Waals surface area contributed by atoms with Crippen molar-refractivity contribution in [2.45, 2.75) is 76.5 Å². The van der Waals surface area contributed by atoms with Crippen LogP contribution in [0, 0.1) is 5.41 Å². The molecule has 2 heterocycles. The topological polar surface area (TPSA) is 55.8 Å². The fraction of sp³-hybridized carbons (Fsp3) is 0.696. The summed E-state index contributed by atoms with van der Waals surface area (Å²) < 4.78 is 0. The van der Waals surface area contributed by atoms with Gasteiger partial charge in [-0.15, -0.1) is 0 Å². The molecule has 28 heavy (non-hydrogen) atoms. The Bertz CT molecular complexity index is 706. The van der Waals surface area contributed by atoms with Crippen LogP contribution in [-0.2, 0) is 4.79 Å². The second-order valence-electron chi connectivity index (χ2n) is 9.93. The minimum Gasteiger partial charge on any atom is -0.388 e. The molecule has 1 amide bonds. The number of rotatable bonds is 2. The first kappa shape index (κ1) is 19.7. The van der Waals surface area contributed by atoms with E-state index in [1.54, 1.807) is 0 Å². The molecule has 3 fully saturated rings. The molecule has 0 radical (unpaired) electrons. The van der Waals surface area contributed by atoms with Gasteiger partial charge in [0.05, 0.1) is 12.3 Å². The van der Waals surface area contributed by atoms with Crippen molar-refractivity contribution in [1.82, 2.24) is 10.2 Å². The van der Waals surface area contributed by atoms with Gasteiger partial charge in [-0.2, -0.15) is 0 Å². The number of aliphatic hydroxyl groups is 1. The largest absolute Gasteiger partial charge is 0.388 e. The maximum atomic E-state index is 12.9. The highest BCUT2D eigenvalue weighted by Crippen LogP contribution is 2.46. The first-order valence-electron chi connectivity index (χ1n) is 10.9. The van der Waals surface area contributed by atoms with Gasteiger partial charge in [0, 0.05) is 24.8 Å². The summed E-state index contributed by atoms with van der Waals surface area (Å²) in [4.78, 5) is 17.6. The third kappa shape index (κ3) is 3.03. The van der Waals surface area contributed by atoms with Gasteiger partial charge in [0.15, 0.2) is 0 Å². The van der Waals surface area contributed by atoms with Crippen LogP contribution < -0.4 is 10.2 Å². The fourth-order valence-corrected chi connectivity index (χ4v) is 5.74. The summed E-state index contributed by atoms with van der Waals surface area (Å²) in [7, 11) is 0. The zero-order valence-electron chi connectivity index (χ0n) is 17.6. The summed E-state index contributed by atoms with van der Waals surface area (Å²) in [6.45, 7) is 8.80. The van der Waals surface area contributed by atoms with Gasteiger partial charge in [-0.3, -0.25) is 9.69 Å². The van der Waals surface area contributed by atoms with Crippen molar-refractivity contribution >= 4 is 11.6 Å². The number of nitrogens with one attached hydrogen (secondary N) is 1. The van der Waals surface area contributed by atoms with Gasteiger partial charge in [-0.25, -0.2) is 0 Å². The molecule has 1 aliphatic carbocycles. The van der Waals surface area contributed by atoms with Crippen LogP contribution >= 0.6 is 0 Å². The molecule has 5 heteroatoms. The van der Waals surface area contributed by atoms with Crippen molar-refractivity contribution < 1.29 is 9.90 Å². The molecule has 4 rings (SSSR count). The van der Waals surface area contributed by atoms with Crippen LogP contribution in [0.15, 0.2) is 30.3 Å². The summed E-state index contributed by atoms with van der Waals surface area (Å²) >= 11 is 0. The lowest BCUT2D eigenvalue weighted by Gasteiger charge is -2.55. The fourth-order valence-electron chi connectivity index (χ4n) is 5.74. The first-order valence-corrected chi connectivity index (χ1v) is 10.9. The molecular formula is C23H35N3O2. The van der Waals surface area contributed by atoms with E-state index in [9.17, 15) is 9.90 Å². The molecule has 1 aromatic rings. The van der Waals surface area contributed by atoms with Crippen LogP contribution in [0.25, 0.3) is 0 Å². The van der Waals surface area contributed by atoms with Crippen molar-refractivity contribution in [2.24, 2.45) is 5.41 Å². The highest BCUT2D eigenvalue weighted by Gasteiger charge is 2.54. The maximum absolute atomic E-state index is 12.9. The number of likely N-dealkylation sites (tertiary alicyclic amines) is 1. The summed E-state index contributed by atoms with van der Waals surface area (Å²) in [5.41, 5.74) is -0.147. The molecule has 2 N–H and O–H groups in total. The van der Waals surface area contributed by atoms with E-state index in [0.717, 1.165) is 50.9 Å². The van der Waals surface area contributed by atoms with Crippen LogP contribution in [0.5, 0.6) is 0 Å². The Balaban J connectivity index is 1.54. The summed E-state index contributed by atoms with van der Waals surface area (Å²) in [6.07, 6.45) is 5.83. The highest BCUT2D eigenvalue weighted by atomic mass is 16.3. The van der Waals surface area contributed by atoms with Gasteiger partial charge >= 0.3 is 0 Å². The van der Waals surface area contributed by atoms with E-state index in [1.807, 2.05) is 18.2 Å². The molecular weight excluding hydrogens is 350 g/mol. The Morgan fingerprint density at radius 2 is 1.75 bits per heavy atom. The molecule has 1 aromatic carbocycles. The third-order valence-corrected chi connectivity index (χ3v) is 7.61. The minimum absolute atomic E-state index is 0.145. The van der Waals surface area contributed by atoms with E-state index < -0.39 is 11.1 Å². The summed E-state index contributed by atoms with van der Waals surface area (Å²) in [6, 6.07) is 10.5. The summed E-state index contributed by atoms with van der Waals surface area (Å²) in [5, 5.41) is 14.7. The SMILES string of the molecule is CC(C)(C)[C@]1(O)CCCC[C@H]1N1CCC2(CC1)C(=O)NCN2c1ccccc1. The number of piperidine rings is 1. The molecule has 0 aromatic heterocycles. The zero-order chi connectivity index (χ0) is 20.0. The zero-order valence-corrected chi connectivity index (χ0v) is 17.6. The van der Waals surface area contributed by atoms with Crippen molar-refractivity contribution in [3.8, 4) is 0 Å². The molecule has 1 spiro atoms. The predicted octanol–water partition coefficient (Wildman–Crippen LogP) is 3.13. The van der Waals surface area contributed by atoms with Gasteiger partial charge < -0.3 is 15.3 Å². The quantitative estimate of drug-likeness (QED) is 0.821. The number of nitrogens with zero attached hydrogens (tertiary/aromatic N) is 2. The number of para-hydroxylation sites is 1. The lowest BCUT2D eigenvalue weighted by molar-refractivity contribution is -0.147. The highest BCUT2D eigenvalue weighted by molar-refractivity contribution is 5.93. The van der Waals surface area contributed by atoms with Gasteiger partial charge in [0.25, 0.3) is 0 Å². The Hall–Kier alpha value is -1.59. The van der Waals surface area contributed by atoms with Crippen LogP contribution in [-0.4, -0.2) is 52.9 Å². The monoisotopic (exact) mass is 385 g/mol. The maximum Gasteiger partial charge on any atom is 0.247 e. The van der Waals surface area contributed by atoms with Gasteiger partial charge in [0.1, 0.15) is 5.54 Å². The number of amides is 1. The van der Waals surface area contributed by atoms with E-state index in [2.05, 4.69) is 48.0 Å². The predicted molar refractivity (Wildman–Crippen MR) is 112 cm³/mol. The molecule has 2 atom stereocenters. The summed E-state index contributed by atoms with van der Waals surface area (Å²) in [5.74, 6) is 0.158. The lowest BCUT2D eigenvalue weighted by atomic mass is 9.64. The van der Waals surface area contributed by atoms with Crippen LogP contribution in [0.4, 0.5) is 5.69 Å². The van der Waals surface area contributed by atoms with E-state index in [4.69, 9.17) is 0 Å². The Kier molecular flexibility index (Phi) is 4.95. The number of benzene rings is 1. The second kappa shape index (κ2) is 7.03. The van der Waals surface area contributed by atoms with Crippen molar-refractivity contribution in [1.29, 1.82) is 0 Å². The van der Waals surface area contributed by atoms with Crippen LogP contribution in [0.3, 0.4) is 0 Å². The smallest absolute Gasteiger partial charge is 0.247 e. The normalized spacial score (nSPS) is 31.2. The van der Waals surface area contributed by atoms with Gasteiger partial charge in [0.2, 0.25) is 5.91 Å². The molecule has 0 unspecified atom stereocenters. The molecule has 0 bridgehead atoms. The number of carbonyl (C=O) groups excluding carboxylic acids is 1. The number of hydrogen-bond acceptors (Lipinski definition) is 4. The average Bonchev–Trinajstić information content (AvgIpc) is 2.99. The number of carbonyl (C=O) groups is 1. The Labute approximate surface area is 169 Å². The Morgan fingerprint density at radius 1 is 1.07 bits per heavy atom. The molecule has 154 valence electrons. The van der Waals surface area contributed by atoms with E-state index in [0.29, 0.717) is 6.67 Å². The standard InChI is InChI=1S/C23H35N3O2/c1-21(2,3)23(28)12-8-7-11-19(23)25-15-13-22(14-16-25)20(27)24-17-26(22)18-9-5-4-6-10-18/h4-6,9-10,19,28H,7-8,11-17H2,1-3H3,(H,24,27)/t19-,23+/m1/s1. The van der Waals surface area contributed by atoms with Crippen molar-refractivity contribution in [3.05, 3.63) is 30.3 Å². The van der Waals surface area contributed by atoms with Gasteiger partial charge in [-0.05, 0) is 43.2 Å². The van der Waals surface area contributed by atoms with Crippen LogP contribution in [0.1, 0.15) is 59.3 Å². The van der Waals surface area contributed by atoms with Gasteiger partial charge in [-0.1, -0.05) is 51.8 Å². The van der Waals surface area contributed by atoms with E-state index >= 15 is 0 Å². The van der Waals surface area contributed by atoms with Crippen molar-refractivity contribution in [3.63, 3.8) is 0 Å².